The Bertz CT molecular complexity index is 640. The number of benzene rings is 2. The fraction of sp³-hybridized carbons (Fsp3) is 0.500. The summed E-state index contributed by atoms with van der Waals surface area (Å²) in [6, 6.07) is 16.3. The van der Waals surface area contributed by atoms with Crippen LogP contribution in [0.5, 0.6) is 5.75 Å². The molecule has 2 N–H and O–H groups in total. The lowest BCUT2D eigenvalue weighted by Gasteiger charge is -2.10. The molecule has 0 fully saturated rings. The first-order valence-electron chi connectivity index (χ1n) is 10.4. The standard InChI is InChI=1S/C24H34O2S/c1-20(25)14-9-6-4-2-3-5-7-10-15-21-16-13-19-23(24(21)26)27-22-17-11-8-12-18-22/h8,11-13,16-20,25-26H,2-7,9-10,14-15H2,1H3. The topological polar surface area (TPSA) is 40.5 Å². The predicted molar refractivity (Wildman–Crippen MR) is 116 cm³/mol. The molecule has 27 heavy (non-hydrogen) atoms. The molecular weight excluding hydrogens is 352 g/mol. The molecule has 2 aromatic rings. The maximum Gasteiger partial charge on any atom is 0.132 e. The average molecular weight is 387 g/mol. The van der Waals surface area contributed by atoms with Crippen LogP contribution >= 0.6 is 11.8 Å². The zero-order chi connectivity index (χ0) is 19.3. The second kappa shape index (κ2) is 12.9. The largest absolute Gasteiger partial charge is 0.506 e. The first kappa shape index (κ1) is 21.8. The minimum Gasteiger partial charge on any atom is -0.506 e. The maximum absolute atomic E-state index is 10.6. The average Bonchev–Trinajstić information content (AvgIpc) is 2.66. The summed E-state index contributed by atoms with van der Waals surface area (Å²) in [5.41, 5.74) is 1.06. The molecule has 0 amide bonds. The van der Waals surface area contributed by atoms with E-state index in [2.05, 4.69) is 12.1 Å². The van der Waals surface area contributed by atoms with Gasteiger partial charge in [-0.3, -0.25) is 0 Å². The summed E-state index contributed by atoms with van der Waals surface area (Å²) in [6.45, 7) is 1.87. The van der Waals surface area contributed by atoms with Gasteiger partial charge in [0, 0.05) is 4.90 Å². The van der Waals surface area contributed by atoms with Gasteiger partial charge < -0.3 is 10.2 Å². The fourth-order valence-corrected chi connectivity index (χ4v) is 4.20. The van der Waals surface area contributed by atoms with Gasteiger partial charge in [0.2, 0.25) is 0 Å². The molecule has 0 spiro atoms. The van der Waals surface area contributed by atoms with Crippen molar-refractivity contribution in [1.82, 2.24) is 0 Å². The second-order valence-corrected chi connectivity index (χ2v) is 8.51. The highest BCUT2D eigenvalue weighted by molar-refractivity contribution is 7.99. The molecule has 0 saturated carbocycles. The number of phenolic OH excluding ortho intramolecular Hbond substituents is 1. The van der Waals surface area contributed by atoms with E-state index in [1.54, 1.807) is 11.8 Å². The second-order valence-electron chi connectivity index (χ2n) is 7.40. The van der Waals surface area contributed by atoms with E-state index in [-0.39, 0.29) is 6.10 Å². The van der Waals surface area contributed by atoms with Crippen LogP contribution in [0.3, 0.4) is 0 Å². The van der Waals surface area contributed by atoms with Gasteiger partial charge in [-0.15, -0.1) is 0 Å². The number of phenols is 1. The Kier molecular flexibility index (Phi) is 10.4. The number of aliphatic hydroxyl groups excluding tert-OH is 1. The van der Waals surface area contributed by atoms with E-state index in [0.29, 0.717) is 5.75 Å². The van der Waals surface area contributed by atoms with Gasteiger partial charge >= 0.3 is 0 Å². The molecule has 2 rings (SSSR count). The Balaban J connectivity index is 1.63. The van der Waals surface area contributed by atoms with E-state index in [1.165, 1.54) is 38.5 Å². The molecule has 2 aromatic carbocycles. The van der Waals surface area contributed by atoms with Crippen LogP contribution in [0.2, 0.25) is 0 Å². The van der Waals surface area contributed by atoms with E-state index >= 15 is 0 Å². The minimum absolute atomic E-state index is 0.147. The van der Waals surface area contributed by atoms with Gasteiger partial charge in [-0.2, -0.15) is 0 Å². The van der Waals surface area contributed by atoms with Crippen LogP contribution in [-0.4, -0.2) is 16.3 Å². The van der Waals surface area contributed by atoms with Crippen molar-refractivity contribution in [2.75, 3.05) is 0 Å². The molecule has 0 aromatic heterocycles. The highest BCUT2D eigenvalue weighted by Crippen LogP contribution is 2.36. The van der Waals surface area contributed by atoms with Crippen LogP contribution in [0.1, 0.15) is 70.3 Å². The molecule has 148 valence electrons. The third kappa shape index (κ3) is 8.85. The molecule has 3 heteroatoms. The first-order chi connectivity index (χ1) is 13.2. The van der Waals surface area contributed by atoms with Crippen LogP contribution in [0.4, 0.5) is 0 Å². The fourth-order valence-electron chi connectivity index (χ4n) is 3.28. The van der Waals surface area contributed by atoms with Gasteiger partial charge in [-0.25, -0.2) is 0 Å². The first-order valence-corrected chi connectivity index (χ1v) is 11.2. The minimum atomic E-state index is -0.147. The van der Waals surface area contributed by atoms with Crippen LogP contribution in [0.25, 0.3) is 0 Å². The SMILES string of the molecule is CC(O)CCCCCCCCCCc1cccc(Sc2ccccc2)c1O. The third-order valence-corrected chi connectivity index (χ3v) is 5.93. The maximum atomic E-state index is 10.6. The molecule has 0 aliphatic rings. The smallest absolute Gasteiger partial charge is 0.132 e. The molecule has 1 atom stereocenters. The molecule has 1 unspecified atom stereocenters. The summed E-state index contributed by atoms with van der Waals surface area (Å²) in [6.07, 6.45) is 11.6. The summed E-state index contributed by atoms with van der Waals surface area (Å²) in [5, 5.41) is 19.8. The quantitative estimate of drug-likeness (QED) is 0.365. The molecular formula is C24H34O2S. The van der Waals surface area contributed by atoms with Crippen LogP contribution in [0.15, 0.2) is 58.3 Å². The highest BCUT2D eigenvalue weighted by Gasteiger charge is 2.08. The summed E-state index contributed by atoms with van der Waals surface area (Å²) >= 11 is 1.62. The van der Waals surface area contributed by atoms with Crippen molar-refractivity contribution in [3.63, 3.8) is 0 Å². The van der Waals surface area contributed by atoms with Crippen LogP contribution in [-0.2, 0) is 6.42 Å². The number of aryl methyl sites for hydroxylation is 1. The lowest BCUT2D eigenvalue weighted by Crippen LogP contribution is -1.98. The number of para-hydroxylation sites is 1. The molecule has 0 heterocycles. The summed E-state index contributed by atoms with van der Waals surface area (Å²) in [7, 11) is 0. The molecule has 0 aliphatic heterocycles. The Morgan fingerprint density at radius 1 is 0.778 bits per heavy atom. The van der Waals surface area contributed by atoms with Crippen molar-refractivity contribution in [3.05, 3.63) is 54.1 Å². The van der Waals surface area contributed by atoms with Gasteiger partial charge in [0.05, 0.1) is 11.0 Å². The molecule has 0 aliphatic carbocycles. The van der Waals surface area contributed by atoms with Crippen LogP contribution in [0, 0.1) is 0 Å². The van der Waals surface area contributed by atoms with E-state index in [4.69, 9.17) is 0 Å². The molecule has 2 nitrogen and oxygen atoms in total. The van der Waals surface area contributed by atoms with Gasteiger partial charge in [0.25, 0.3) is 0 Å². The monoisotopic (exact) mass is 386 g/mol. The number of hydrogen-bond donors (Lipinski definition) is 2. The van der Waals surface area contributed by atoms with Crippen molar-refractivity contribution in [3.8, 4) is 5.75 Å². The van der Waals surface area contributed by atoms with Crippen molar-refractivity contribution in [2.24, 2.45) is 0 Å². The number of unbranched alkanes of at least 4 members (excludes halogenated alkanes) is 7. The van der Waals surface area contributed by atoms with Crippen molar-refractivity contribution in [2.45, 2.75) is 87.0 Å². The summed E-state index contributed by atoms with van der Waals surface area (Å²) < 4.78 is 0. The van der Waals surface area contributed by atoms with Gasteiger partial charge in [-0.1, -0.05) is 87.0 Å². The zero-order valence-corrected chi connectivity index (χ0v) is 17.4. The van der Waals surface area contributed by atoms with E-state index < -0.39 is 0 Å². The Morgan fingerprint density at radius 2 is 1.41 bits per heavy atom. The van der Waals surface area contributed by atoms with Gasteiger partial charge in [0.15, 0.2) is 0 Å². The van der Waals surface area contributed by atoms with E-state index in [9.17, 15) is 10.2 Å². The molecule has 0 bridgehead atoms. The summed E-state index contributed by atoms with van der Waals surface area (Å²) in [5.74, 6) is 0.449. The lowest BCUT2D eigenvalue weighted by molar-refractivity contribution is 0.180. The highest BCUT2D eigenvalue weighted by atomic mass is 32.2. The Labute approximate surface area is 169 Å². The van der Waals surface area contributed by atoms with E-state index in [1.807, 2.05) is 43.3 Å². The van der Waals surface area contributed by atoms with Gasteiger partial charge in [-0.05, 0) is 49.9 Å². The summed E-state index contributed by atoms with van der Waals surface area (Å²) in [4.78, 5) is 2.09. The number of aliphatic hydroxyl groups is 1. The van der Waals surface area contributed by atoms with Crippen molar-refractivity contribution >= 4 is 11.8 Å². The molecule has 0 saturated heterocycles. The number of aromatic hydroxyl groups is 1. The predicted octanol–water partition coefficient (Wildman–Crippen LogP) is 6.98. The number of rotatable bonds is 13. The zero-order valence-electron chi connectivity index (χ0n) is 16.6. The van der Waals surface area contributed by atoms with Crippen LogP contribution < -0.4 is 0 Å². The normalized spacial score (nSPS) is 12.2. The van der Waals surface area contributed by atoms with Crippen molar-refractivity contribution in [1.29, 1.82) is 0 Å². The Hall–Kier alpha value is -1.45. The molecule has 0 radical (unpaired) electrons. The third-order valence-electron chi connectivity index (χ3n) is 4.87. The van der Waals surface area contributed by atoms with Gasteiger partial charge in [0.1, 0.15) is 5.75 Å². The lowest BCUT2D eigenvalue weighted by atomic mass is 10.0. The van der Waals surface area contributed by atoms with E-state index in [0.717, 1.165) is 41.0 Å². The number of hydrogen-bond acceptors (Lipinski definition) is 3. The Morgan fingerprint density at radius 3 is 2.07 bits per heavy atom. The van der Waals surface area contributed by atoms with Crippen molar-refractivity contribution < 1.29 is 10.2 Å².